The Bertz CT molecular complexity index is 889. The number of amides is 3. The molecule has 4 N–H and O–H groups in total. The van der Waals surface area contributed by atoms with Crippen LogP contribution in [0, 0.1) is 5.92 Å². The molecule has 3 amide bonds. The quantitative estimate of drug-likeness (QED) is 0.641. The average molecular weight is 397 g/mol. The van der Waals surface area contributed by atoms with Gasteiger partial charge in [-0.05, 0) is 49.2 Å². The lowest BCUT2D eigenvalue weighted by atomic mass is 9.95. The number of rotatable bonds is 6. The second-order valence-electron chi connectivity index (χ2n) is 6.85. The van der Waals surface area contributed by atoms with Crippen LogP contribution in [0.25, 0.3) is 0 Å². The van der Waals surface area contributed by atoms with Gasteiger partial charge in [-0.1, -0.05) is 12.1 Å². The normalized spacial score (nSPS) is 14.3. The van der Waals surface area contributed by atoms with Crippen LogP contribution in [0.3, 0.4) is 0 Å². The van der Waals surface area contributed by atoms with Gasteiger partial charge in [-0.15, -0.1) is 0 Å². The number of aromatic hydroxyl groups is 1. The molecule has 1 aliphatic rings. The number of nitrogens with two attached hydrogens (primary N) is 1. The van der Waals surface area contributed by atoms with Crippen molar-refractivity contribution in [2.75, 3.05) is 25.0 Å². The zero-order chi connectivity index (χ0) is 20.8. The van der Waals surface area contributed by atoms with Gasteiger partial charge in [0.25, 0.3) is 11.8 Å². The third kappa shape index (κ3) is 5.25. The van der Waals surface area contributed by atoms with E-state index >= 15 is 0 Å². The molecule has 0 aliphatic carbocycles. The molecule has 2 aromatic rings. The molecule has 1 heterocycles. The van der Waals surface area contributed by atoms with Crippen molar-refractivity contribution in [1.82, 2.24) is 4.90 Å². The number of nitrogens with one attached hydrogen (secondary N) is 1. The molecule has 2 aromatic carbocycles. The zero-order valence-electron chi connectivity index (χ0n) is 15.8. The van der Waals surface area contributed by atoms with Crippen LogP contribution in [0.5, 0.6) is 11.5 Å². The number of nitrogens with zero attached hydrogens (tertiary/aromatic N) is 1. The van der Waals surface area contributed by atoms with Crippen LogP contribution < -0.4 is 15.8 Å². The van der Waals surface area contributed by atoms with Gasteiger partial charge in [0.15, 0.2) is 6.61 Å². The predicted molar refractivity (Wildman–Crippen MR) is 106 cm³/mol. The van der Waals surface area contributed by atoms with Crippen molar-refractivity contribution < 1.29 is 24.2 Å². The average Bonchev–Trinajstić information content (AvgIpc) is 2.74. The molecular weight excluding hydrogens is 374 g/mol. The molecule has 0 spiro atoms. The summed E-state index contributed by atoms with van der Waals surface area (Å²) in [4.78, 5) is 37.6. The van der Waals surface area contributed by atoms with E-state index in [2.05, 4.69) is 5.32 Å². The van der Waals surface area contributed by atoms with Crippen molar-refractivity contribution in [2.45, 2.75) is 12.8 Å². The van der Waals surface area contributed by atoms with Crippen molar-refractivity contribution in [1.29, 1.82) is 0 Å². The largest absolute Gasteiger partial charge is 0.506 e. The van der Waals surface area contributed by atoms with Crippen molar-refractivity contribution >= 4 is 23.4 Å². The molecule has 0 atom stereocenters. The number of hydrogen-bond acceptors (Lipinski definition) is 5. The van der Waals surface area contributed by atoms with Crippen molar-refractivity contribution in [3.63, 3.8) is 0 Å². The van der Waals surface area contributed by atoms with Gasteiger partial charge in [-0.3, -0.25) is 14.4 Å². The monoisotopic (exact) mass is 397 g/mol. The number of anilines is 1. The SMILES string of the molecule is NC(=O)COc1ccc(C(=O)N2CCC(C(=O)Nc3ccccc3O)CC2)cc1. The maximum Gasteiger partial charge on any atom is 0.255 e. The summed E-state index contributed by atoms with van der Waals surface area (Å²) >= 11 is 0. The number of phenols is 1. The molecule has 0 saturated carbocycles. The Morgan fingerprint density at radius 1 is 1.07 bits per heavy atom. The minimum Gasteiger partial charge on any atom is -0.506 e. The summed E-state index contributed by atoms with van der Waals surface area (Å²) < 4.78 is 5.18. The molecule has 29 heavy (non-hydrogen) atoms. The minimum absolute atomic E-state index is 0.0247. The summed E-state index contributed by atoms with van der Waals surface area (Å²) in [5.74, 6) is -0.583. The van der Waals surface area contributed by atoms with Crippen molar-refractivity contribution in [3.8, 4) is 11.5 Å². The van der Waals surface area contributed by atoms with E-state index in [1.807, 2.05) is 0 Å². The van der Waals surface area contributed by atoms with Gasteiger partial charge in [-0.2, -0.15) is 0 Å². The van der Waals surface area contributed by atoms with Crippen LogP contribution in [-0.2, 0) is 9.59 Å². The van der Waals surface area contributed by atoms with E-state index in [0.717, 1.165) is 0 Å². The van der Waals surface area contributed by atoms with Crippen LogP contribution in [0.4, 0.5) is 5.69 Å². The Balaban J connectivity index is 1.52. The summed E-state index contributed by atoms with van der Waals surface area (Å²) in [7, 11) is 0. The van der Waals surface area contributed by atoms with E-state index in [1.165, 1.54) is 6.07 Å². The third-order valence-corrected chi connectivity index (χ3v) is 4.80. The van der Waals surface area contributed by atoms with E-state index in [4.69, 9.17) is 10.5 Å². The topological polar surface area (TPSA) is 122 Å². The molecule has 1 saturated heterocycles. The van der Waals surface area contributed by atoms with Gasteiger partial charge in [0.2, 0.25) is 5.91 Å². The van der Waals surface area contributed by atoms with Crippen molar-refractivity contribution in [3.05, 3.63) is 54.1 Å². The molecule has 152 valence electrons. The molecule has 0 unspecified atom stereocenters. The van der Waals surface area contributed by atoms with Crippen LogP contribution >= 0.6 is 0 Å². The Kier molecular flexibility index (Phi) is 6.33. The van der Waals surface area contributed by atoms with Gasteiger partial charge in [0.1, 0.15) is 11.5 Å². The highest BCUT2D eigenvalue weighted by Crippen LogP contribution is 2.25. The summed E-state index contributed by atoms with van der Waals surface area (Å²) in [5.41, 5.74) is 5.93. The molecular formula is C21H23N3O5. The first-order valence-electron chi connectivity index (χ1n) is 9.33. The smallest absolute Gasteiger partial charge is 0.255 e. The van der Waals surface area contributed by atoms with E-state index < -0.39 is 5.91 Å². The van der Waals surface area contributed by atoms with Gasteiger partial charge in [0, 0.05) is 24.6 Å². The Morgan fingerprint density at radius 2 is 1.72 bits per heavy atom. The first kappa shape index (κ1) is 20.2. The number of carbonyl (C=O) groups is 3. The van der Waals surface area contributed by atoms with Crippen LogP contribution in [0.1, 0.15) is 23.2 Å². The van der Waals surface area contributed by atoms with Gasteiger partial charge >= 0.3 is 0 Å². The van der Waals surface area contributed by atoms with E-state index in [0.29, 0.717) is 42.9 Å². The van der Waals surface area contributed by atoms with Gasteiger partial charge in [0.05, 0.1) is 5.69 Å². The van der Waals surface area contributed by atoms with Gasteiger partial charge in [-0.25, -0.2) is 0 Å². The molecule has 8 heteroatoms. The number of benzene rings is 2. The summed E-state index contributed by atoms with van der Waals surface area (Å²) in [6.07, 6.45) is 1.09. The number of para-hydroxylation sites is 2. The zero-order valence-corrected chi connectivity index (χ0v) is 15.8. The molecule has 8 nitrogen and oxygen atoms in total. The second kappa shape index (κ2) is 9.09. The fourth-order valence-electron chi connectivity index (χ4n) is 3.19. The lowest BCUT2D eigenvalue weighted by Crippen LogP contribution is -2.41. The standard InChI is InChI=1S/C21H23N3O5/c22-19(26)13-29-16-7-5-15(6-8-16)21(28)24-11-9-14(10-12-24)20(27)23-17-3-1-2-4-18(17)25/h1-8,14,25H,9-13H2,(H2,22,26)(H,23,27). The summed E-state index contributed by atoms with van der Waals surface area (Å²) in [5, 5.41) is 12.5. The minimum atomic E-state index is -0.570. The van der Waals surface area contributed by atoms with Crippen molar-refractivity contribution in [2.24, 2.45) is 11.7 Å². The highest BCUT2D eigenvalue weighted by atomic mass is 16.5. The molecule has 3 rings (SSSR count). The predicted octanol–water partition coefficient (Wildman–Crippen LogP) is 1.75. The highest BCUT2D eigenvalue weighted by Gasteiger charge is 2.28. The Labute approximate surface area is 168 Å². The lowest BCUT2D eigenvalue weighted by Gasteiger charge is -2.31. The maximum atomic E-state index is 12.7. The van der Waals surface area contributed by atoms with Gasteiger partial charge < -0.3 is 25.8 Å². The number of ether oxygens (including phenoxy) is 1. The fourth-order valence-corrected chi connectivity index (χ4v) is 3.19. The third-order valence-electron chi connectivity index (χ3n) is 4.80. The molecule has 1 aliphatic heterocycles. The number of phenolic OH excluding ortho intramolecular Hbond substituents is 1. The summed E-state index contributed by atoms with van der Waals surface area (Å²) in [6, 6.07) is 13.1. The van der Waals surface area contributed by atoms with Crippen LogP contribution in [0.15, 0.2) is 48.5 Å². The van der Waals surface area contributed by atoms with Crippen LogP contribution in [-0.4, -0.2) is 47.4 Å². The van der Waals surface area contributed by atoms with Crippen LogP contribution in [0.2, 0.25) is 0 Å². The lowest BCUT2D eigenvalue weighted by molar-refractivity contribution is -0.121. The number of carbonyl (C=O) groups excluding carboxylic acids is 3. The number of likely N-dealkylation sites (tertiary alicyclic amines) is 1. The fraction of sp³-hybridized carbons (Fsp3) is 0.286. The molecule has 0 aromatic heterocycles. The molecule has 0 bridgehead atoms. The Hall–Kier alpha value is -3.55. The number of primary amides is 1. The highest BCUT2D eigenvalue weighted by molar-refractivity contribution is 5.96. The second-order valence-corrected chi connectivity index (χ2v) is 6.85. The molecule has 0 radical (unpaired) electrons. The molecule has 1 fully saturated rings. The van der Waals surface area contributed by atoms with E-state index in [1.54, 1.807) is 47.4 Å². The van der Waals surface area contributed by atoms with E-state index in [9.17, 15) is 19.5 Å². The maximum absolute atomic E-state index is 12.7. The Morgan fingerprint density at radius 3 is 2.34 bits per heavy atom. The first-order chi connectivity index (χ1) is 13.9. The number of piperidine rings is 1. The number of hydrogen-bond donors (Lipinski definition) is 3. The summed E-state index contributed by atoms with van der Waals surface area (Å²) in [6.45, 7) is 0.721. The van der Waals surface area contributed by atoms with E-state index in [-0.39, 0.29) is 30.1 Å². The first-order valence-corrected chi connectivity index (χ1v) is 9.33.